The first-order valence-electron chi connectivity index (χ1n) is 12.6. The first-order chi connectivity index (χ1) is 18.9. The Morgan fingerprint density at radius 3 is 2.10 bits per heavy atom. The van der Waals surface area contributed by atoms with Crippen molar-refractivity contribution in [2.45, 2.75) is 0 Å². The quantitative estimate of drug-likeness (QED) is 0.0840. The first kappa shape index (κ1) is 26.2. The van der Waals surface area contributed by atoms with E-state index in [1.807, 2.05) is 54.6 Å². The van der Waals surface area contributed by atoms with Crippen molar-refractivity contribution in [1.82, 2.24) is 9.97 Å². The van der Waals surface area contributed by atoms with Crippen LogP contribution >= 0.6 is 0 Å². The smallest absolute Gasteiger partial charge is 0.306 e. The van der Waals surface area contributed by atoms with E-state index in [2.05, 4.69) is 102 Å². The maximum atomic E-state index is 5.29. The van der Waals surface area contributed by atoms with Crippen LogP contribution in [0.1, 0.15) is 22.5 Å². The number of aromatic nitrogens is 2. The fourth-order valence-corrected chi connectivity index (χ4v) is 4.61. The van der Waals surface area contributed by atoms with Gasteiger partial charge in [-0.1, -0.05) is 114 Å². The molecule has 39 heavy (non-hydrogen) atoms. The van der Waals surface area contributed by atoms with Gasteiger partial charge in [0, 0.05) is 11.9 Å². The second kappa shape index (κ2) is 12.4. The molecule has 6 rings (SSSR count). The second-order valence-corrected chi connectivity index (χ2v) is 8.88. The molecule has 0 aliphatic heterocycles. The predicted octanol–water partition coefficient (Wildman–Crippen LogP) is 8.57. The molecule has 188 valence electrons. The Bertz CT molecular complexity index is 1730. The largest absolute Gasteiger partial charge is 2.00 e. The summed E-state index contributed by atoms with van der Waals surface area (Å²) in [6.07, 6.45) is 7.34. The molecule has 0 fully saturated rings. The molecule has 2 nitrogen and oxygen atoms in total. The molecular formula is C36H24N2Pd. The Balaban J connectivity index is 0.00000308. The summed E-state index contributed by atoms with van der Waals surface area (Å²) < 4.78 is 0. The average molecular weight is 591 g/mol. The van der Waals surface area contributed by atoms with Crippen LogP contribution in [-0.2, 0) is 20.4 Å². The third-order valence-corrected chi connectivity index (χ3v) is 6.39. The minimum atomic E-state index is 0. The van der Waals surface area contributed by atoms with Crippen molar-refractivity contribution in [3.8, 4) is 11.3 Å². The predicted molar refractivity (Wildman–Crippen MR) is 157 cm³/mol. The van der Waals surface area contributed by atoms with E-state index in [4.69, 9.17) is 4.98 Å². The number of pyridine rings is 2. The molecule has 3 heteroatoms. The Hall–Kier alpha value is -4.42. The molecule has 0 N–H and O–H groups in total. The summed E-state index contributed by atoms with van der Waals surface area (Å²) in [5.41, 5.74) is 7.68. The molecule has 0 spiro atoms. The van der Waals surface area contributed by atoms with Crippen molar-refractivity contribution >= 4 is 28.0 Å². The third-order valence-electron chi connectivity index (χ3n) is 6.39. The van der Waals surface area contributed by atoms with E-state index in [1.165, 1.54) is 0 Å². The van der Waals surface area contributed by atoms with Crippen LogP contribution in [0.4, 0.5) is 0 Å². The van der Waals surface area contributed by atoms with Gasteiger partial charge in [0.05, 0.1) is 0 Å². The number of nitrogens with zero attached hydrogens (tertiary/aromatic N) is 2. The number of hydrogen-bond donors (Lipinski definition) is 0. The third kappa shape index (κ3) is 5.86. The monoisotopic (exact) mass is 590 g/mol. The molecule has 0 saturated carbocycles. The molecular weight excluding hydrogens is 567 g/mol. The minimum Gasteiger partial charge on any atom is -0.306 e. The van der Waals surface area contributed by atoms with E-state index < -0.39 is 0 Å². The van der Waals surface area contributed by atoms with Crippen molar-refractivity contribution in [3.63, 3.8) is 0 Å². The normalized spacial score (nSPS) is 11.7. The van der Waals surface area contributed by atoms with Crippen LogP contribution in [0.2, 0.25) is 0 Å². The summed E-state index contributed by atoms with van der Waals surface area (Å²) in [5.74, 6) is 0. The number of rotatable bonds is 6. The van der Waals surface area contributed by atoms with Crippen LogP contribution in [0.15, 0.2) is 140 Å². The topological polar surface area (TPSA) is 25.8 Å². The van der Waals surface area contributed by atoms with E-state index in [-0.39, 0.29) is 20.4 Å². The molecule has 0 bridgehead atoms. The Labute approximate surface area is 243 Å². The average Bonchev–Trinajstić information content (AvgIpc) is 3.00. The maximum Gasteiger partial charge on any atom is 2.00 e. The van der Waals surface area contributed by atoms with Gasteiger partial charge in [-0.2, -0.15) is 0 Å². The van der Waals surface area contributed by atoms with Gasteiger partial charge in [0.25, 0.3) is 0 Å². The zero-order chi connectivity index (χ0) is 25.6. The number of hydrogen-bond acceptors (Lipinski definition) is 2. The van der Waals surface area contributed by atoms with Gasteiger partial charge in [0.15, 0.2) is 0 Å². The van der Waals surface area contributed by atoms with Gasteiger partial charge < -0.3 is 9.97 Å². The van der Waals surface area contributed by atoms with E-state index in [1.54, 1.807) is 6.20 Å². The Morgan fingerprint density at radius 2 is 1.38 bits per heavy atom. The van der Waals surface area contributed by atoms with Crippen molar-refractivity contribution in [3.05, 3.63) is 174 Å². The number of benzene rings is 4. The summed E-state index contributed by atoms with van der Waals surface area (Å²) in [4.78, 5) is 9.77. The Kier molecular flexibility index (Phi) is 8.34. The fourth-order valence-electron chi connectivity index (χ4n) is 4.61. The van der Waals surface area contributed by atoms with Crippen LogP contribution in [0.5, 0.6) is 0 Å². The van der Waals surface area contributed by atoms with Gasteiger partial charge in [-0.15, -0.1) is 53.6 Å². The van der Waals surface area contributed by atoms with E-state index in [0.29, 0.717) is 0 Å². The molecule has 4 aromatic carbocycles. The molecule has 0 aliphatic rings. The zero-order valence-electron chi connectivity index (χ0n) is 21.1. The van der Waals surface area contributed by atoms with Gasteiger partial charge >= 0.3 is 20.4 Å². The maximum absolute atomic E-state index is 5.29. The SMILES string of the molecule is [C-](=Cc1ccccn1)/C(=C(/c1ccccc1)c1cc2ccccc2c(-c2[c-]cccc2)n1)c1ccccc1.[Pd+2]. The summed E-state index contributed by atoms with van der Waals surface area (Å²) in [7, 11) is 0. The van der Waals surface area contributed by atoms with Gasteiger partial charge in [0.2, 0.25) is 0 Å². The summed E-state index contributed by atoms with van der Waals surface area (Å²) in [5, 5.41) is 2.22. The van der Waals surface area contributed by atoms with Gasteiger partial charge in [-0.3, -0.25) is 0 Å². The molecule has 2 heterocycles. The molecule has 0 unspecified atom stereocenters. The molecule has 6 aromatic rings. The Morgan fingerprint density at radius 1 is 0.692 bits per heavy atom. The molecule has 2 aromatic heterocycles. The van der Waals surface area contributed by atoms with Gasteiger partial charge in [0.1, 0.15) is 0 Å². The second-order valence-electron chi connectivity index (χ2n) is 8.88. The van der Waals surface area contributed by atoms with E-state index in [0.717, 1.165) is 55.7 Å². The van der Waals surface area contributed by atoms with Gasteiger partial charge in [-0.25, -0.2) is 0 Å². The van der Waals surface area contributed by atoms with Crippen LogP contribution < -0.4 is 0 Å². The molecule has 0 amide bonds. The summed E-state index contributed by atoms with van der Waals surface area (Å²) in [6, 6.07) is 48.6. The van der Waals surface area contributed by atoms with Crippen molar-refractivity contribution in [2.24, 2.45) is 0 Å². The molecule has 0 radical (unpaired) electrons. The number of fused-ring (bicyclic) bond motifs is 1. The van der Waals surface area contributed by atoms with Crippen LogP contribution in [-0.4, -0.2) is 9.97 Å². The molecule has 0 saturated heterocycles. The fraction of sp³-hybridized carbons (Fsp3) is 0. The first-order valence-corrected chi connectivity index (χ1v) is 12.6. The number of allylic oxidation sites excluding steroid dienone is 2. The van der Waals surface area contributed by atoms with E-state index in [9.17, 15) is 0 Å². The standard InChI is InChI=1S/C36H24N2.Pd/c1-4-14-27(15-5-1)32(24-23-31-21-12-13-25-37-31)35(28-16-6-2-7-17-28)34-26-30-20-10-11-22-33(30)36(38-34)29-18-8-3-9-19-29;/h1-18,20-23,25-26H;/q-2;+2/b35-32+;. The van der Waals surface area contributed by atoms with Crippen molar-refractivity contribution in [2.75, 3.05) is 0 Å². The van der Waals surface area contributed by atoms with Crippen molar-refractivity contribution < 1.29 is 20.4 Å². The van der Waals surface area contributed by atoms with Crippen LogP contribution in [0, 0.1) is 12.1 Å². The summed E-state index contributed by atoms with van der Waals surface area (Å²) >= 11 is 0. The molecule has 0 aliphatic carbocycles. The van der Waals surface area contributed by atoms with E-state index >= 15 is 0 Å². The summed E-state index contributed by atoms with van der Waals surface area (Å²) in [6.45, 7) is 0. The molecule has 0 atom stereocenters. The van der Waals surface area contributed by atoms with Crippen LogP contribution in [0.25, 0.3) is 39.3 Å². The minimum absolute atomic E-state index is 0. The van der Waals surface area contributed by atoms with Gasteiger partial charge in [-0.05, 0) is 34.3 Å². The van der Waals surface area contributed by atoms with Crippen molar-refractivity contribution in [1.29, 1.82) is 0 Å². The van der Waals surface area contributed by atoms with Crippen LogP contribution in [0.3, 0.4) is 0 Å². The zero-order valence-corrected chi connectivity index (χ0v) is 22.6.